The fraction of sp³-hybridized carbons (Fsp3) is 0. The Morgan fingerprint density at radius 2 is 1.62 bits per heavy atom. The molecule has 1 aromatic carbocycles. The van der Waals surface area contributed by atoms with Crippen molar-refractivity contribution in [1.29, 1.82) is 0 Å². The van der Waals surface area contributed by atoms with Crippen molar-refractivity contribution in [2.75, 3.05) is 0 Å². The second-order valence-corrected chi connectivity index (χ2v) is 4.66. The zero-order valence-corrected chi connectivity index (χ0v) is 11.2. The molecule has 1 N–H and O–H groups in total. The quantitative estimate of drug-likeness (QED) is 0.915. The number of benzene rings is 1. The maximum absolute atomic E-state index is 11.3. The van der Waals surface area contributed by atoms with Crippen LogP contribution in [0.4, 0.5) is 0 Å². The maximum Gasteiger partial charge on any atom is 0.178 e. The summed E-state index contributed by atoms with van der Waals surface area (Å²) in [6, 6.07) is 12.7. The molecule has 21 heavy (non-hydrogen) atoms. The lowest BCUT2D eigenvalue weighted by atomic mass is 9.94. The standard InChI is InChI=1S/C18H13NO2/c20-15-8-4-13(5-9-15)18(17-3-1-2-12-19-17)14-6-10-16(21)11-7-14/h1-12,20H. The molecule has 3 heteroatoms. The Bertz CT molecular complexity index is 736. The molecule has 102 valence electrons. The van der Waals surface area contributed by atoms with Crippen LogP contribution in [0.15, 0.2) is 78.5 Å². The molecule has 0 atom stereocenters. The van der Waals surface area contributed by atoms with Gasteiger partial charge in [0.25, 0.3) is 0 Å². The van der Waals surface area contributed by atoms with Gasteiger partial charge in [0.05, 0.1) is 5.69 Å². The molecule has 1 aliphatic rings. The topological polar surface area (TPSA) is 50.2 Å². The SMILES string of the molecule is O=C1C=CC(=C(c2ccc(O)cc2)c2ccccn2)C=C1. The zero-order valence-electron chi connectivity index (χ0n) is 11.2. The minimum atomic E-state index is -0.0233. The third-order valence-corrected chi connectivity index (χ3v) is 3.22. The molecule has 0 radical (unpaired) electrons. The van der Waals surface area contributed by atoms with E-state index in [2.05, 4.69) is 4.98 Å². The smallest absolute Gasteiger partial charge is 0.178 e. The molecule has 1 aliphatic carbocycles. The van der Waals surface area contributed by atoms with E-state index in [9.17, 15) is 9.90 Å². The Kier molecular flexibility index (Phi) is 3.48. The fourth-order valence-corrected chi connectivity index (χ4v) is 2.22. The second kappa shape index (κ2) is 5.59. The summed E-state index contributed by atoms with van der Waals surface area (Å²) in [6.07, 6.45) is 8.40. The molecule has 0 saturated heterocycles. The van der Waals surface area contributed by atoms with Gasteiger partial charge in [-0.05, 0) is 47.6 Å². The molecule has 3 rings (SSSR count). The lowest BCUT2D eigenvalue weighted by Crippen LogP contribution is -1.98. The number of phenols is 1. The van der Waals surface area contributed by atoms with Gasteiger partial charge in [-0.3, -0.25) is 9.78 Å². The van der Waals surface area contributed by atoms with Crippen molar-refractivity contribution in [3.05, 3.63) is 89.8 Å². The van der Waals surface area contributed by atoms with Crippen LogP contribution in [0.1, 0.15) is 11.3 Å². The lowest BCUT2D eigenvalue weighted by Gasteiger charge is -2.12. The highest BCUT2D eigenvalue weighted by atomic mass is 16.3. The summed E-state index contributed by atoms with van der Waals surface area (Å²) in [5.41, 5.74) is 3.60. The monoisotopic (exact) mass is 275 g/mol. The molecule has 0 amide bonds. The molecule has 1 aromatic heterocycles. The normalized spacial score (nSPS) is 13.5. The van der Waals surface area contributed by atoms with E-state index in [1.807, 2.05) is 30.3 Å². The number of nitrogens with zero attached hydrogens (tertiary/aromatic N) is 1. The first kappa shape index (κ1) is 13.1. The molecule has 0 fully saturated rings. The molecule has 3 nitrogen and oxygen atoms in total. The van der Waals surface area contributed by atoms with Crippen molar-refractivity contribution in [3.8, 4) is 5.75 Å². The van der Waals surface area contributed by atoms with Gasteiger partial charge in [-0.15, -0.1) is 0 Å². The predicted molar refractivity (Wildman–Crippen MR) is 81.7 cm³/mol. The number of hydrogen-bond acceptors (Lipinski definition) is 3. The van der Waals surface area contributed by atoms with Crippen LogP contribution in [-0.2, 0) is 4.79 Å². The molecule has 0 bridgehead atoms. The van der Waals surface area contributed by atoms with E-state index >= 15 is 0 Å². The van der Waals surface area contributed by atoms with E-state index in [0.29, 0.717) is 0 Å². The second-order valence-electron chi connectivity index (χ2n) is 4.66. The van der Waals surface area contributed by atoms with Gasteiger partial charge in [-0.2, -0.15) is 0 Å². The summed E-state index contributed by atoms with van der Waals surface area (Å²) in [4.78, 5) is 15.7. The summed E-state index contributed by atoms with van der Waals surface area (Å²) >= 11 is 0. The van der Waals surface area contributed by atoms with Crippen molar-refractivity contribution in [3.63, 3.8) is 0 Å². The largest absolute Gasteiger partial charge is 0.508 e. The average Bonchev–Trinajstić information content (AvgIpc) is 2.52. The summed E-state index contributed by atoms with van der Waals surface area (Å²) in [5, 5.41) is 9.45. The van der Waals surface area contributed by atoms with Crippen LogP contribution >= 0.6 is 0 Å². The molecule has 1 heterocycles. The first-order valence-corrected chi connectivity index (χ1v) is 6.59. The van der Waals surface area contributed by atoms with Crippen molar-refractivity contribution >= 4 is 11.4 Å². The fourth-order valence-electron chi connectivity index (χ4n) is 2.22. The molecule has 0 saturated carbocycles. The van der Waals surface area contributed by atoms with Crippen LogP contribution in [0, 0.1) is 0 Å². The zero-order chi connectivity index (χ0) is 14.7. The minimum absolute atomic E-state index is 0.0233. The summed E-state index contributed by atoms with van der Waals surface area (Å²) in [7, 11) is 0. The Morgan fingerprint density at radius 3 is 2.24 bits per heavy atom. The molecular formula is C18H13NO2. The number of pyridine rings is 1. The third-order valence-electron chi connectivity index (χ3n) is 3.22. The number of carbonyl (C=O) groups is 1. The van der Waals surface area contributed by atoms with E-state index in [1.165, 1.54) is 0 Å². The lowest BCUT2D eigenvalue weighted by molar-refractivity contribution is -0.110. The van der Waals surface area contributed by atoms with Gasteiger partial charge in [-0.1, -0.05) is 30.4 Å². The number of hydrogen-bond donors (Lipinski definition) is 1. The number of aromatic nitrogens is 1. The highest BCUT2D eigenvalue weighted by Gasteiger charge is 2.12. The van der Waals surface area contributed by atoms with Crippen molar-refractivity contribution in [1.82, 2.24) is 4.98 Å². The minimum Gasteiger partial charge on any atom is -0.508 e. The summed E-state index contributed by atoms with van der Waals surface area (Å²) in [5.74, 6) is 0.193. The van der Waals surface area contributed by atoms with Gasteiger partial charge >= 0.3 is 0 Å². The summed E-state index contributed by atoms with van der Waals surface area (Å²) in [6.45, 7) is 0. The maximum atomic E-state index is 11.3. The van der Waals surface area contributed by atoms with Gasteiger partial charge < -0.3 is 5.11 Å². The number of carbonyl (C=O) groups excluding carboxylic acids is 1. The number of rotatable bonds is 2. The van der Waals surface area contributed by atoms with Gasteiger partial charge in [-0.25, -0.2) is 0 Å². The third kappa shape index (κ3) is 2.82. The Hall–Kier alpha value is -2.94. The van der Waals surface area contributed by atoms with E-state index in [-0.39, 0.29) is 11.5 Å². The van der Waals surface area contributed by atoms with Crippen LogP contribution in [0.3, 0.4) is 0 Å². The number of allylic oxidation sites excluding steroid dienone is 5. The van der Waals surface area contributed by atoms with Crippen molar-refractivity contribution in [2.24, 2.45) is 0 Å². The molecule has 2 aromatic rings. The number of phenolic OH excluding ortho intramolecular Hbond substituents is 1. The van der Waals surface area contributed by atoms with E-state index in [1.54, 1.807) is 42.6 Å². The van der Waals surface area contributed by atoms with Gasteiger partial charge in [0, 0.05) is 11.8 Å². The first-order chi connectivity index (χ1) is 10.2. The van der Waals surface area contributed by atoms with Gasteiger partial charge in [0.15, 0.2) is 5.78 Å². The molecule has 0 aliphatic heterocycles. The van der Waals surface area contributed by atoms with Crippen LogP contribution in [0.2, 0.25) is 0 Å². The van der Waals surface area contributed by atoms with E-state index < -0.39 is 0 Å². The van der Waals surface area contributed by atoms with Gasteiger partial charge in [0.1, 0.15) is 5.75 Å². The summed E-state index contributed by atoms with van der Waals surface area (Å²) < 4.78 is 0. The van der Waals surface area contributed by atoms with Crippen LogP contribution in [0.25, 0.3) is 5.57 Å². The van der Waals surface area contributed by atoms with E-state index in [0.717, 1.165) is 22.4 Å². The van der Waals surface area contributed by atoms with Crippen molar-refractivity contribution < 1.29 is 9.90 Å². The molecular weight excluding hydrogens is 262 g/mol. The number of ketones is 1. The van der Waals surface area contributed by atoms with Crippen LogP contribution in [-0.4, -0.2) is 15.9 Å². The highest BCUT2D eigenvalue weighted by Crippen LogP contribution is 2.29. The van der Waals surface area contributed by atoms with Crippen LogP contribution < -0.4 is 0 Å². The average molecular weight is 275 g/mol. The highest BCUT2D eigenvalue weighted by molar-refractivity contribution is 6.03. The molecule has 0 unspecified atom stereocenters. The Balaban J connectivity index is 2.19. The predicted octanol–water partition coefficient (Wildman–Crippen LogP) is 3.28. The first-order valence-electron chi connectivity index (χ1n) is 6.59. The van der Waals surface area contributed by atoms with Crippen LogP contribution in [0.5, 0.6) is 5.75 Å². The van der Waals surface area contributed by atoms with E-state index in [4.69, 9.17) is 0 Å². The van der Waals surface area contributed by atoms with Gasteiger partial charge in [0.2, 0.25) is 0 Å². The number of aromatic hydroxyl groups is 1. The van der Waals surface area contributed by atoms with Crippen molar-refractivity contribution in [2.45, 2.75) is 0 Å². The molecule has 0 spiro atoms. The Morgan fingerprint density at radius 1 is 0.905 bits per heavy atom. The Labute approximate surface area is 122 Å².